The van der Waals surface area contributed by atoms with E-state index in [2.05, 4.69) is 34.9 Å². The molecular formula is C21H49BNO3+. The van der Waals surface area contributed by atoms with Crippen molar-refractivity contribution in [2.75, 3.05) is 20.6 Å². The minimum absolute atomic E-state index is 0.752. The van der Waals surface area contributed by atoms with Crippen LogP contribution in [0.5, 0.6) is 0 Å². The smallest absolute Gasteiger partial charge is 0.402 e. The van der Waals surface area contributed by atoms with E-state index < -0.39 is 7.32 Å². The van der Waals surface area contributed by atoms with Crippen LogP contribution in [0.2, 0.25) is 0 Å². The molecule has 0 heterocycles. The Morgan fingerprint density at radius 1 is 0.615 bits per heavy atom. The third kappa shape index (κ3) is 23.9. The van der Waals surface area contributed by atoms with Crippen molar-refractivity contribution >= 4 is 7.32 Å². The van der Waals surface area contributed by atoms with Crippen LogP contribution in [-0.2, 0) is 0 Å². The Hall–Kier alpha value is -0.0951. The normalized spacial score (nSPS) is 11.4. The monoisotopic (exact) mass is 374 g/mol. The lowest BCUT2D eigenvalue weighted by atomic mass is 10.0. The SMILES string of the molecule is CCCCCCCCCCCCCCCC[N+](C)(C)C(C)C.OB(O)O. The fraction of sp³-hybridized carbons (Fsp3) is 1.00. The van der Waals surface area contributed by atoms with Gasteiger partial charge in [0, 0.05) is 0 Å². The lowest BCUT2D eigenvalue weighted by Gasteiger charge is -2.34. The van der Waals surface area contributed by atoms with Gasteiger partial charge in [-0.25, -0.2) is 0 Å². The summed E-state index contributed by atoms with van der Waals surface area (Å²) >= 11 is 0. The van der Waals surface area contributed by atoms with Gasteiger partial charge in [-0.15, -0.1) is 0 Å². The molecule has 0 aliphatic heterocycles. The van der Waals surface area contributed by atoms with Crippen LogP contribution in [0.4, 0.5) is 0 Å². The van der Waals surface area contributed by atoms with Crippen molar-refractivity contribution in [3.8, 4) is 0 Å². The van der Waals surface area contributed by atoms with E-state index >= 15 is 0 Å². The average Bonchev–Trinajstić information content (AvgIpc) is 2.54. The van der Waals surface area contributed by atoms with Crippen molar-refractivity contribution in [3.63, 3.8) is 0 Å². The van der Waals surface area contributed by atoms with Crippen LogP contribution in [0.25, 0.3) is 0 Å². The minimum atomic E-state index is -2.17. The van der Waals surface area contributed by atoms with Crippen molar-refractivity contribution < 1.29 is 19.6 Å². The summed E-state index contributed by atoms with van der Waals surface area (Å²) in [4.78, 5) is 0. The van der Waals surface area contributed by atoms with Crippen LogP contribution in [0.15, 0.2) is 0 Å². The fourth-order valence-corrected chi connectivity index (χ4v) is 2.97. The average molecular weight is 374 g/mol. The Labute approximate surface area is 164 Å². The molecule has 0 aromatic rings. The second-order valence-corrected chi connectivity index (χ2v) is 8.54. The molecule has 158 valence electrons. The van der Waals surface area contributed by atoms with Crippen LogP contribution in [0.1, 0.15) is 111 Å². The molecule has 5 heteroatoms. The molecule has 26 heavy (non-hydrogen) atoms. The summed E-state index contributed by atoms with van der Waals surface area (Å²) in [7, 11) is 2.57. The highest BCUT2D eigenvalue weighted by Crippen LogP contribution is 2.14. The van der Waals surface area contributed by atoms with E-state index in [1.807, 2.05) is 0 Å². The highest BCUT2D eigenvalue weighted by molar-refractivity contribution is 6.30. The Kier molecular flexibility index (Phi) is 21.3. The zero-order valence-corrected chi connectivity index (χ0v) is 18.6. The highest BCUT2D eigenvalue weighted by Gasteiger charge is 2.18. The molecule has 0 atom stereocenters. The summed E-state index contributed by atoms with van der Waals surface area (Å²) in [6, 6.07) is 0.752. The first-order valence-corrected chi connectivity index (χ1v) is 11.1. The van der Waals surface area contributed by atoms with Gasteiger partial charge in [-0.05, 0) is 26.7 Å². The maximum absolute atomic E-state index is 7.17. The summed E-state index contributed by atoms with van der Waals surface area (Å²) in [5, 5.41) is 21.5. The molecule has 0 unspecified atom stereocenters. The summed E-state index contributed by atoms with van der Waals surface area (Å²) in [5.74, 6) is 0. The molecule has 0 spiro atoms. The van der Waals surface area contributed by atoms with Crippen LogP contribution in [-0.4, -0.2) is 53.6 Å². The van der Waals surface area contributed by atoms with Gasteiger partial charge in [0.1, 0.15) is 0 Å². The van der Waals surface area contributed by atoms with Gasteiger partial charge in [0.2, 0.25) is 0 Å². The van der Waals surface area contributed by atoms with Crippen LogP contribution in [0.3, 0.4) is 0 Å². The molecule has 4 nitrogen and oxygen atoms in total. The molecule has 0 radical (unpaired) electrons. The second-order valence-electron chi connectivity index (χ2n) is 8.54. The lowest BCUT2D eigenvalue weighted by molar-refractivity contribution is -0.911. The lowest BCUT2D eigenvalue weighted by Crippen LogP contribution is -2.46. The van der Waals surface area contributed by atoms with Crippen LogP contribution >= 0.6 is 0 Å². The van der Waals surface area contributed by atoms with Crippen molar-refractivity contribution in [2.24, 2.45) is 0 Å². The van der Waals surface area contributed by atoms with E-state index in [-0.39, 0.29) is 0 Å². The maximum atomic E-state index is 7.17. The van der Waals surface area contributed by atoms with E-state index in [9.17, 15) is 0 Å². The Bertz CT molecular complexity index is 271. The molecule has 0 aromatic carbocycles. The Balaban J connectivity index is 0. The van der Waals surface area contributed by atoms with Gasteiger partial charge in [-0.3, -0.25) is 0 Å². The maximum Gasteiger partial charge on any atom is 0.631 e. The largest absolute Gasteiger partial charge is 0.631 e. The number of hydrogen-bond donors (Lipinski definition) is 3. The summed E-state index contributed by atoms with van der Waals surface area (Å²) < 4.78 is 1.18. The molecular weight excluding hydrogens is 325 g/mol. The third-order valence-electron chi connectivity index (χ3n) is 5.49. The summed E-state index contributed by atoms with van der Waals surface area (Å²) in [5.41, 5.74) is 0. The van der Waals surface area contributed by atoms with Gasteiger partial charge in [0.25, 0.3) is 0 Å². The predicted molar refractivity (Wildman–Crippen MR) is 115 cm³/mol. The number of nitrogens with zero attached hydrogens (tertiary/aromatic N) is 1. The molecule has 0 amide bonds. The predicted octanol–water partition coefficient (Wildman–Crippen LogP) is 4.90. The topological polar surface area (TPSA) is 60.7 Å². The van der Waals surface area contributed by atoms with Crippen LogP contribution < -0.4 is 0 Å². The van der Waals surface area contributed by atoms with Crippen molar-refractivity contribution in [2.45, 2.75) is 117 Å². The van der Waals surface area contributed by atoms with Gasteiger partial charge >= 0.3 is 7.32 Å². The van der Waals surface area contributed by atoms with Gasteiger partial charge in [0.05, 0.1) is 26.7 Å². The number of quaternary nitrogens is 1. The van der Waals surface area contributed by atoms with Crippen molar-refractivity contribution in [1.29, 1.82) is 0 Å². The van der Waals surface area contributed by atoms with E-state index in [1.165, 1.54) is 101 Å². The number of unbranched alkanes of at least 4 members (excludes halogenated alkanes) is 13. The first-order chi connectivity index (χ1) is 12.2. The molecule has 0 rings (SSSR count). The van der Waals surface area contributed by atoms with E-state index in [0.717, 1.165) is 6.04 Å². The standard InChI is InChI=1S/C21H46N.BH3O3/c1-6-7-8-9-10-11-12-13-14-15-16-17-18-19-20-22(4,5)21(2)3;2-1(3)4/h21H,6-20H2,1-5H3;2-4H/q+1;. The molecule has 0 bridgehead atoms. The molecule has 0 fully saturated rings. The van der Waals surface area contributed by atoms with E-state index in [0.29, 0.717) is 0 Å². The number of rotatable bonds is 16. The first-order valence-electron chi connectivity index (χ1n) is 11.1. The van der Waals surface area contributed by atoms with Gasteiger partial charge in [0.15, 0.2) is 0 Å². The minimum Gasteiger partial charge on any atom is -0.402 e. The van der Waals surface area contributed by atoms with E-state index in [1.54, 1.807) is 0 Å². The summed E-state index contributed by atoms with van der Waals surface area (Å²) in [6.45, 7) is 8.31. The highest BCUT2D eigenvalue weighted by atomic mass is 16.5. The molecule has 0 saturated carbocycles. The molecule has 0 aliphatic rings. The van der Waals surface area contributed by atoms with E-state index in [4.69, 9.17) is 15.1 Å². The van der Waals surface area contributed by atoms with Crippen molar-refractivity contribution in [3.05, 3.63) is 0 Å². The zero-order valence-electron chi connectivity index (χ0n) is 18.6. The van der Waals surface area contributed by atoms with Crippen molar-refractivity contribution in [1.82, 2.24) is 0 Å². The summed E-state index contributed by atoms with van der Waals surface area (Å²) in [6.07, 6.45) is 20.4. The fourth-order valence-electron chi connectivity index (χ4n) is 2.97. The van der Waals surface area contributed by atoms with Gasteiger partial charge < -0.3 is 19.6 Å². The molecule has 0 aliphatic carbocycles. The molecule has 0 aromatic heterocycles. The van der Waals surface area contributed by atoms with Crippen LogP contribution in [0, 0.1) is 0 Å². The second kappa shape index (κ2) is 19.7. The number of hydrogen-bond acceptors (Lipinski definition) is 3. The molecule has 0 saturated heterocycles. The first kappa shape index (κ1) is 28.1. The molecule has 3 N–H and O–H groups in total. The van der Waals surface area contributed by atoms with Gasteiger partial charge in [-0.2, -0.15) is 0 Å². The van der Waals surface area contributed by atoms with Gasteiger partial charge in [-0.1, -0.05) is 84.0 Å². The Morgan fingerprint density at radius 3 is 1.15 bits per heavy atom. The Morgan fingerprint density at radius 2 is 0.885 bits per heavy atom. The third-order valence-corrected chi connectivity index (χ3v) is 5.49. The zero-order chi connectivity index (χ0) is 20.3. The quantitative estimate of drug-likeness (QED) is 0.205.